The molecule has 112 valence electrons. The number of rotatable bonds is 5. The lowest BCUT2D eigenvalue weighted by molar-refractivity contribution is -0.138. The van der Waals surface area contributed by atoms with Crippen molar-refractivity contribution < 1.29 is 14.7 Å². The Morgan fingerprint density at radius 1 is 1.43 bits per heavy atom. The molecule has 1 fully saturated rings. The lowest BCUT2D eigenvalue weighted by Crippen LogP contribution is -2.43. The van der Waals surface area contributed by atoms with Crippen LogP contribution in [0.4, 0.5) is 0 Å². The standard InChI is InChI=1S/C16H20N2O3/c19-15(8-6-13-4-3-10-17-12-13)18-11-2-1-5-14(18)7-9-16(20)21/h3-4,6,8,10,12,14H,1-2,5,7,9,11H2,(H,20,21)/b8-6+. The third-order valence-electron chi connectivity index (χ3n) is 3.70. The van der Waals surface area contributed by atoms with Crippen LogP contribution in [0.2, 0.25) is 0 Å². The fourth-order valence-corrected chi connectivity index (χ4v) is 2.62. The Kier molecular flexibility index (Phi) is 5.49. The maximum absolute atomic E-state index is 12.3. The summed E-state index contributed by atoms with van der Waals surface area (Å²) in [6.07, 6.45) is 10.3. The Bertz CT molecular complexity index is 514. The minimum Gasteiger partial charge on any atom is -0.481 e. The van der Waals surface area contributed by atoms with Crippen LogP contribution in [0, 0.1) is 0 Å². The summed E-state index contributed by atoms with van der Waals surface area (Å²) >= 11 is 0. The monoisotopic (exact) mass is 288 g/mol. The van der Waals surface area contributed by atoms with Crippen molar-refractivity contribution in [3.63, 3.8) is 0 Å². The summed E-state index contributed by atoms with van der Waals surface area (Å²) in [6, 6.07) is 3.75. The summed E-state index contributed by atoms with van der Waals surface area (Å²) < 4.78 is 0. The number of carboxylic acids is 1. The molecular weight excluding hydrogens is 268 g/mol. The van der Waals surface area contributed by atoms with E-state index in [0.717, 1.165) is 24.8 Å². The Labute approximate surface area is 124 Å². The predicted molar refractivity (Wildman–Crippen MR) is 79.5 cm³/mol. The average molecular weight is 288 g/mol. The van der Waals surface area contributed by atoms with E-state index >= 15 is 0 Å². The minimum absolute atomic E-state index is 0.0425. The first-order valence-electron chi connectivity index (χ1n) is 7.27. The number of carbonyl (C=O) groups excluding carboxylic acids is 1. The summed E-state index contributed by atoms with van der Waals surface area (Å²) in [5.41, 5.74) is 0.880. The van der Waals surface area contributed by atoms with Crippen LogP contribution >= 0.6 is 0 Å². The number of hydrogen-bond donors (Lipinski definition) is 1. The van der Waals surface area contributed by atoms with Gasteiger partial charge in [-0.25, -0.2) is 0 Å². The topological polar surface area (TPSA) is 70.5 Å². The van der Waals surface area contributed by atoms with Gasteiger partial charge in [-0.3, -0.25) is 14.6 Å². The predicted octanol–water partition coefficient (Wildman–Crippen LogP) is 2.34. The number of piperidine rings is 1. The van der Waals surface area contributed by atoms with Crippen LogP contribution in [-0.2, 0) is 9.59 Å². The van der Waals surface area contributed by atoms with Gasteiger partial charge in [0.25, 0.3) is 0 Å². The second-order valence-corrected chi connectivity index (χ2v) is 5.23. The van der Waals surface area contributed by atoms with Gasteiger partial charge in [0, 0.05) is 37.5 Å². The van der Waals surface area contributed by atoms with E-state index in [-0.39, 0.29) is 18.4 Å². The molecule has 0 aromatic carbocycles. The average Bonchev–Trinajstić information content (AvgIpc) is 2.52. The SMILES string of the molecule is O=C(O)CCC1CCCCN1C(=O)/C=C/c1cccnc1. The Hall–Kier alpha value is -2.17. The molecule has 1 aliphatic rings. The summed E-state index contributed by atoms with van der Waals surface area (Å²) in [6.45, 7) is 0.709. The second-order valence-electron chi connectivity index (χ2n) is 5.23. The van der Waals surface area contributed by atoms with Gasteiger partial charge in [-0.2, -0.15) is 0 Å². The second kappa shape index (κ2) is 7.57. The first-order valence-corrected chi connectivity index (χ1v) is 7.27. The number of carboxylic acid groups (broad SMARTS) is 1. The largest absolute Gasteiger partial charge is 0.481 e. The number of amides is 1. The first-order chi connectivity index (χ1) is 10.2. The van der Waals surface area contributed by atoms with Crippen molar-refractivity contribution in [2.75, 3.05) is 6.54 Å². The zero-order valence-corrected chi connectivity index (χ0v) is 11.9. The number of likely N-dealkylation sites (tertiary alicyclic amines) is 1. The van der Waals surface area contributed by atoms with Crippen molar-refractivity contribution in [2.24, 2.45) is 0 Å². The molecule has 0 radical (unpaired) electrons. The van der Waals surface area contributed by atoms with E-state index in [2.05, 4.69) is 4.98 Å². The molecule has 0 bridgehead atoms. The van der Waals surface area contributed by atoms with E-state index in [9.17, 15) is 9.59 Å². The molecule has 1 saturated heterocycles. The van der Waals surface area contributed by atoms with Crippen molar-refractivity contribution >= 4 is 18.0 Å². The van der Waals surface area contributed by atoms with Gasteiger partial charge < -0.3 is 10.0 Å². The van der Waals surface area contributed by atoms with Crippen LogP contribution < -0.4 is 0 Å². The van der Waals surface area contributed by atoms with Crippen molar-refractivity contribution in [1.82, 2.24) is 9.88 Å². The van der Waals surface area contributed by atoms with Crippen LogP contribution in [0.1, 0.15) is 37.7 Å². The molecule has 2 heterocycles. The Balaban J connectivity index is 1.98. The minimum atomic E-state index is -0.807. The smallest absolute Gasteiger partial charge is 0.303 e. The highest BCUT2D eigenvalue weighted by Crippen LogP contribution is 2.21. The van der Waals surface area contributed by atoms with Crippen molar-refractivity contribution in [2.45, 2.75) is 38.1 Å². The number of aromatic nitrogens is 1. The summed E-state index contributed by atoms with van der Waals surface area (Å²) in [5.74, 6) is -0.854. The number of pyridine rings is 1. The highest BCUT2D eigenvalue weighted by Gasteiger charge is 2.25. The molecule has 1 aromatic rings. The van der Waals surface area contributed by atoms with Crippen LogP contribution in [0.25, 0.3) is 6.08 Å². The van der Waals surface area contributed by atoms with Crippen LogP contribution in [0.3, 0.4) is 0 Å². The van der Waals surface area contributed by atoms with Gasteiger partial charge in [0.15, 0.2) is 0 Å². The molecule has 5 heteroatoms. The molecular formula is C16H20N2O3. The summed E-state index contributed by atoms with van der Waals surface area (Å²) in [7, 11) is 0. The molecule has 0 saturated carbocycles. The summed E-state index contributed by atoms with van der Waals surface area (Å²) in [5, 5.41) is 8.80. The van der Waals surface area contributed by atoms with Gasteiger partial charge in [0.1, 0.15) is 0 Å². The molecule has 5 nitrogen and oxygen atoms in total. The molecule has 1 aliphatic heterocycles. The van der Waals surface area contributed by atoms with Gasteiger partial charge in [-0.15, -0.1) is 0 Å². The molecule has 1 N–H and O–H groups in total. The van der Waals surface area contributed by atoms with Crippen LogP contribution in [-0.4, -0.2) is 39.5 Å². The van der Waals surface area contributed by atoms with E-state index in [1.165, 1.54) is 0 Å². The maximum atomic E-state index is 12.3. The fourth-order valence-electron chi connectivity index (χ4n) is 2.62. The van der Waals surface area contributed by atoms with E-state index in [1.54, 1.807) is 29.4 Å². The molecule has 2 rings (SSSR count). The van der Waals surface area contributed by atoms with Crippen molar-refractivity contribution in [3.05, 3.63) is 36.2 Å². The van der Waals surface area contributed by atoms with Crippen molar-refractivity contribution in [3.8, 4) is 0 Å². The van der Waals surface area contributed by atoms with Gasteiger partial charge in [-0.05, 0) is 43.4 Å². The molecule has 1 unspecified atom stereocenters. The quantitative estimate of drug-likeness (QED) is 0.844. The van der Waals surface area contributed by atoms with Crippen LogP contribution in [0.5, 0.6) is 0 Å². The molecule has 1 aromatic heterocycles. The number of aliphatic carboxylic acids is 1. The highest BCUT2D eigenvalue weighted by atomic mass is 16.4. The first kappa shape index (κ1) is 15.2. The normalized spacial score (nSPS) is 18.9. The maximum Gasteiger partial charge on any atom is 0.303 e. The fraction of sp³-hybridized carbons (Fsp3) is 0.438. The van der Waals surface area contributed by atoms with Gasteiger partial charge >= 0.3 is 5.97 Å². The zero-order chi connectivity index (χ0) is 15.1. The summed E-state index contributed by atoms with van der Waals surface area (Å²) in [4.78, 5) is 28.8. The molecule has 1 atom stereocenters. The Morgan fingerprint density at radius 3 is 3.00 bits per heavy atom. The van der Waals surface area contributed by atoms with Gasteiger partial charge in [0.2, 0.25) is 5.91 Å². The van der Waals surface area contributed by atoms with E-state index in [1.807, 2.05) is 12.1 Å². The number of hydrogen-bond acceptors (Lipinski definition) is 3. The van der Waals surface area contributed by atoms with Crippen molar-refractivity contribution in [1.29, 1.82) is 0 Å². The van der Waals surface area contributed by atoms with Gasteiger partial charge in [0.05, 0.1) is 0 Å². The zero-order valence-electron chi connectivity index (χ0n) is 11.9. The van der Waals surface area contributed by atoms with E-state index in [4.69, 9.17) is 5.11 Å². The number of carbonyl (C=O) groups is 2. The third-order valence-corrected chi connectivity index (χ3v) is 3.70. The molecule has 0 aliphatic carbocycles. The number of nitrogens with zero attached hydrogens (tertiary/aromatic N) is 2. The molecule has 0 spiro atoms. The van der Waals surface area contributed by atoms with Gasteiger partial charge in [-0.1, -0.05) is 6.07 Å². The third kappa shape index (κ3) is 4.70. The lowest BCUT2D eigenvalue weighted by atomic mass is 9.97. The highest BCUT2D eigenvalue weighted by molar-refractivity contribution is 5.92. The van der Waals surface area contributed by atoms with Crippen LogP contribution in [0.15, 0.2) is 30.6 Å². The van der Waals surface area contributed by atoms with E-state index in [0.29, 0.717) is 13.0 Å². The molecule has 21 heavy (non-hydrogen) atoms. The molecule has 1 amide bonds. The lowest BCUT2D eigenvalue weighted by Gasteiger charge is -2.35. The Morgan fingerprint density at radius 2 is 2.29 bits per heavy atom. The van der Waals surface area contributed by atoms with E-state index < -0.39 is 5.97 Å².